The van der Waals surface area contributed by atoms with Gasteiger partial charge >= 0.3 is 0 Å². The van der Waals surface area contributed by atoms with Crippen molar-refractivity contribution in [2.24, 2.45) is 5.73 Å². The molecule has 96 valence electrons. The minimum atomic E-state index is -3.41. The van der Waals surface area contributed by atoms with Crippen LogP contribution in [0.1, 0.15) is 25.3 Å². The molecule has 5 heteroatoms. The SMILES string of the molecule is Cc1ccccc1S(=O)(=O)NC(C)CCCN. The normalized spacial score (nSPS) is 13.6. The molecular formula is C12H20N2O2S. The molecule has 4 nitrogen and oxygen atoms in total. The zero-order chi connectivity index (χ0) is 12.9. The molecule has 1 rings (SSSR count). The van der Waals surface area contributed by atoms with Crippen molar-refractivity contribution in [1.29, 1.82) is 0 Å². The first-order valence-corrected chi connectivity index (χ1v) is 7.23. The average Bonchev–Trinajstić information content (AvgIpc) is 2.26. The maximum Gasteiger partial charge on any atom is 0.241 e. The fourth-order valence-electron chi connectivity index (χ4n) is 1.67. The fraction of sp³-hybridized carbons (Fsp3) is 0.500. The van der Waals surface area contributed by atoms with Crippen LogP contribution in [0.5, 0.6) is 0 Å². The van der Waals surface area contributed by atoms with Crippen LogP contribution in [0.25, 0.3) is 0 Å². The summed E-state index contributed by atoms with van der Waals surface area (Å²) in [6, 6.07) is 6.87. The molecule has 0 spiro atoms. The smallest absolute Gasteiger partial charge is 0.241 e. The van der Waals surface area contributed by atoms with Crippen LogP contribution in [0, 0.1) is 6.92 Å². The summed E-state index contributed by atoms with van der Waals surface area (Å²) < 4.78 is 26.8. The van der Waals surface area contributed by atoms with Gasteiger partial charge in [0, 0.05) is 6.04 Å². The summed E-state index contributed by atoms with van der Waals surface area (Å²) in [6.45, 7) is 4.22. The van der Waals surface area contributed by atoms with Crippen LogP contribution in [0.15, 0.2) is 29.2 Å². The van der Waals surface area contributed by atoms with Crippen molar-refractivity contribution in [2.75, 3.05) is 6.54 Å². The van der Waals surface area contributed by atoms with E-state index in [1.54, 1.807) is 25.1 Å². The van der Waals surface area contributed by atoms with E-state index in [4.69, 9.17) is 5.73 Å². The lowest BCUT2D eigenvalue weighted by Crippen LogP contribution is -2.33. The van der Waals surface area contributed by atoms with E-state index in [-0.39, 0.29) is 6.04 Å². The van der Waals surface area contributed by atoms with Crippen molar-refractivity contribution in [2.45, 2.75) is 37.6 Å². The minimum absolute atomic E-state index is 0.0943. The molecular weight excluding hydrogens is 236 g/mol. The van der Waals surface area contributed by atoms with Crippen molar-refractivity contribution in [3.63, 3.8) is 0 Å². The highest BCUT2D eigenvalue weighted by atomic mass is 32.2. The highest BCUT2D eigenvalue weighted by molar-refractivity contribution is 7.89. The van der Waals surface area contributed by atoms with Gasteiger partial charge in [-0.1, -0.05) is 18.2 Å². The van der Waals surface area contributed by atoms with Crippen molar-refractivity contribution >= 4 is 10.0 Å². The third-order valence-corrected chi connectivity index (χ3v) is 4.33. The van der Waals surface area contributed by atoms with Gasteiger partial charge in [-0.15, -0.1) is 0 Å². The second kappa shape index (κ2) is 6.14. The van der Waals surface area contributed by atoms with Crippen LogP contribution in [-0.4, -0.2) is 21.0 Å². The summed E-state index contributed by atoms with van der Waals surface area (Å²) in [6.07, 6.45) is 1.57. The highest BCUT2D eigenvalue weighted by Crippen LogP contribution is 2.14. The monoisotopic (exact) mass is 256 g/mol. The Morgan fingerprint density at radius 1 is 1.35 bits per heavy atom. The third kappa shape index (κ3) is 4.11. The highest BCUT2D eigenvalue weighted by Gasteiger charge is 2.18. The molecule has 0 aliphatic rings. The number of aryl methyl sites for hydroxylation is 1. The van der Waals surface area contributed by atoms with E-state index in [1.165, 1.54) is 0 Å². The molecule has 0 heterocycles. The quantitative estimate of drug-likeness (QED) is 0.808. The Labute approximate surface area is 103 Å². The van der Waals surface area contributed by atoms with Crippen molar-refractivity contribution in [3.05, 3.63) is 29.8 Å². The lowest BCUT2D eigenvalue weighted by atomic mass is 10.2. The van der Waals surface area contributed by atoms with E-state index in [0.717, 1.165) is 18.4 Å². The maximum atomic E-state index is 12.1. The molecule has 17 heavy (non-hydrogen) atoms. The number of rotatable bonds is 6. The number of sulfonamides is 1. The number of nitrogens with one attached hydrogen (secondary N) is 1. The molecule has 1 unspecified atom stereocenters. The number of hydrogen-bond donors (Lipinski definition) is 2. The molecule has 1 atom stereocenters. The van der Waals surface area contributed by atoms with Gasteiger partial charge in [-0.2, -0.15) is 0 Å². The van der Waals surface area contributed by atoms with Gasteiger partial charge in [0.1, 0.15) is 0 Å². The molecule has 0 saturated carbocycles. The Kier molecular flexibility index (Phi) is 5.11. The first-order valence-electron chi connectivity index (χ1n) is 5.75. The van der Waals surface area contributed by atoms with Crippen LogP contribution >= 0.6 is 0 Å². The van der Waals surface area contributed by atoms with Gasteiger partial charge < -0.3 is 5.73 Å². The second-order valence-electron chi connectivity index (χ2n) is 4.22. The molecule has 0 bridgehead atoms. The van der Waals surface area contributed by atoms with Crippen LogP contribution in [0.2, 0.25) is 0 Å². The molecule has 0 radical (unpaired) electrons. The largest absolute Gasteiger partial charge is 0.330 e. The Hall–Kier alpha value is -0.910. The van der Waals surface area contributed by atoms with E-state index in [1.807, 2.05) is 13.0 Å². The van der Waals surface area contributed by atoms with Crippen molar-refractivity contribution in [1.82, 2.24) is 4.72 Å². The Morgan fingerprint density at radius 2 is 2.00 bits per heavy atom. The summed E-state index contributed by atoms with van der Waals surface area (Å²) in [5, 5.41) is 0. The molecule has 0 saturated heterocycles. The molecule has 0 aliphatic heterocycles. The third-order valence-electron chi connectivity index (χ3n) is 2.58. The lowest BCUT2D eigenvalue weighted by molar-refractivity contribution is 0.538. The topological polar surface area (TPSA) is 72.2 Å². The maximum absolute atomic E-state index is 12.1. The van der Waals surface area contributed by atoms with E-state index in [2.05, 4.69) is 4.72 Å². The molecule has 1 aromatic carbocycles. The van der Waals surface area contributed by atoms with Gasteiger partial charge in [-0.3, -0.25) is 0 Å². The fourth-order valence-corrected chi connectivity index (χ4v) is 3.19. The van der Waals surface area contributed by atoms with E-state index in [9.17, 15) is 8.42 Å². The van der Waals surface area contributed by atoms with Crippen LogP contribution < -0.4 is 10.5 Å². The standard InChI is InChI=1S/C12H20N2O2S/c1-10-6-3-4-8-12(10)17(15,16)14-11(2)7-5-9-13/h3-4,6,8,11,14H,5,7,9,13H2,1-2H3. The molecule has 3 N–H and O–H groups in total. The van der Waals surface area contributed by atoms with Crippen molar-refractivity contribution < 1.29 is 8.42 Å². The Morgan fingerprint density at radius 3 is 2.59 bits per heavy atom. The van der Waals surface area contributed by atoms with Gasteiger partial charge in [-0.05, 0) is 44.9 Å². The number of benzene rings is 1. The Balaban J connectivity index is 2.79. The van der Waals surface area contributed by atoms with Gasteiger partial charge in [-0.25, -0.2) is 13.1 Å². The van der Waals surface area contributed by atoms with Gasteiger partial charge in [0.25, 0.3) is 0 Å². The summed E-state index contributed by atoms with van der Waals surface area (Å²) in [7, 11) is -3.41. The van der Waals surface area contributed by atoms with Crippen LogP contribution in [0.3, 0.4) is 0 Å². The van der Waals surface area contributed by atoms with Gasteiger partial charge in [0.2, 0.25) is 10.0 Å². The zero-order valence-corrected chi connectivity index (χ0v) is 11.1. The summed E-state index contributed by atoms with van der Waals surface area (Å²) >= 11 is 0. The first kappa shape index (κ1) is 14.2. The zero-order valence-electron chi connectivity index (χ0n) is 10.3. The van der Waals surface area contributed by atoms with Crippen molar-refractivity contribution in [3.8, 4) is 0 Å². The van der Waals surface area contributed by atoms with Gasteiger partial charge in [0.15, 0.2) is 0 Å². The molecule has 0 aliphatic carbocycles. The van der Waals surface area contributed by atoms with E-state index < -0.39 is 10.0 Å². The molecule has 0 fully saturated rings. The predicted octanol–water partition coefficient (Wildman–Crippen LogP) is 1.40. The van der Waals surface area contributed by atoms with E-state index in [0.29, 0.717) is 11.4 Å². The van der Waals surface area contributed by atoms with E-state index >= 15 is 0 Å². The summed E-state index contributed by atoms with van der Waals surface area (Å²) in [5.74, 6) is 0. The Bertz CT molecular complexity index is 457. The average molecular weight is 256 g/mol. The van der Waals surface area contributed by atoms with Crippen LogP contribution in [-0.2, 0) is 10.0 Å². The predicted molar refractivity (Wildman–Crippen MR) is 69.3 cm³/mol. The molecule has 0 amide bonds. The molecule has 0 aromatic heterocycles. The van der Waals surface area contributed by atoms with Crippen LogP contribution in [0.4, 0.5) is 0 Å². The lowest BCUT2D eigenvalue weighted by Gasteiger charge is -2.14. The number of hydrogen-bond acceptors (Lipinski definition) is 3. The molecule has 1 aromatic rings. The first-order chi connectivity index (χ1) is 7.97. The summed E-state index contributed by atoms with van der Waals surface area (Å²) in [5.41, 5.74) is 6.15. The summed E-state index contributed by atoms with van der Waals surface area (Å²) in [4.78, 5) is 0.347. The minimum Gasteiger partial charge on any atom is -0.330 e. The second-order valence-corrected chi connectivity index (χ2v) is 5.90. The van der Waals surface area contributed by atoms with Gasteiger partial charge in [0.05, 0.1) is 4.90 Å². The number of nitrogens with two attached hydrogens (primary N) is 1.